The molecule has 0 bridgehead atoms. The van der Waals surface area contributed by atoms with E-state index in [9.17, 15) is 14.9 Å². The number of hydrazine groups is 1. The van der Waals surface area contributed by atoms with Crippen LogP contribution in [0.4, 0.5) is 5.95 Å². The molecule has 100 valence electrons. The van der Waals surface area contributed by atoms with Crippen LogP contribution >= 0.6 is 0 Å². The van der Waals surface area contributed by atoms with Crippen molar-refractivity contribution in [3.8, 4) is 0 Å². The van der Waals surface area contributed by atoms with Gasteiger partial charge >= 0.3 is 5.95 Å². The summed E-state index contributed by atoms with van der Waals surface area (Å²) in [5.74, 6) is 4.86. The molecule has 2 heterocycles. The minimum absolute atomic E-state index is 0.125. The van der Waals surface area contributed by atoms with E-state index in [1.165, 1.54) is 17.1 Å². The second-order valence-corrected chi connectivity index (χ2v) is 3.66. The summed E-state index contributed by atoms with van der Waals surface area (Å²) in [6.07, 6.45) is 1.21. The van der Waals surface area contributed by atoms with Gasteiger partial charge in [-0.2, -0.15) is 4.68 Å². The maximum Gasteiger partial charge on any atom is 0.490 e. The largest absolute Gasteiger partial charge is 0.490 e. The van der Waals surface area contributed by atoms with Gasteiger partial charge in [-0.15, -0.1) is 0 Å². The highest BCUT2D eigenvalue weighted by Crippen LogP contribution is 2.15. The Morgan fingerprint density at radius 3 is 3.00 bits per heavy atom. The highest BCUT2D eigenvalue weighted by molar-refractivity contribution is 5.94. The summed E-state index contributed by atoms with van der Waals surface area (Å²) in [6, 6.07) is 1.49. The average Bonchev–Trinajstić information content (AvgIpc) is 2.96. The van der Waals surface area contributed by atoms with Crippen molar-refractivity contribution in [1.29, 1.82) is 0 Å². The molecule has 0 atom stereocenters. The van der Waals surface area contributed by atoms with Crippen LogP contribution in [0.25, 0.3) is 0 Å². The number of amides is 1. The van der Waals surface area contributed by atoms with Crippen molar-refractivity contribution in [2.24, 2.45) is 5.84 Å². The lowest BCUT2D eigenvalue weighted by Gasteiger charge is -1.93. The van der Waals surface area contributed by atoms with Crippen molar-refractivity contribution in [3.05, 3.63) is 39.6 Å². The van der Waals surface area contributed by atoms with Crippen LogP contribution in [-0.2, 0) is 6.54 Å². The molecule has 0 fully saturated rings. The molecule has 0 saturated heterocycles. The Bertz CT molecular complexity index is 630. The lowest BCUT2D eigenvalue weighted by Crippen LogP contribution is -2.30. The number of nitrogens with two attached hydrogens (primary N) is 1. The Hall–Kier alpha value is -2.75. The van der Waals surface area contributed by atoms with Gasteiger partial charge < -0.3 is 14.5 Å². The molecule has 0 saturated carbocycles. The standard InChI is InChI=1S/C9H10N6O4/c1-5-7(8(16)12-10)2-6(19-5)3-14-4-11-9(13-14)15(17)18/h2,4H,3,10H2,1H3,(H,12,16). The first-order chi connectivity index (χ1) is 9.01. The first-order valence-electron chi connectivity index (χ1n) is 5.15. The fourth-order valence-corrected chi connectivity index (χ4v) is 1.53. The number of nitrogens with one attached hydrogen (secondary N) is 1. The van der Waals surface area contributed by atoms with E-state index < -0.39 is 16.8 Å². The fraction of sp³-hybridized carbons (Fsp3) is 0.222. The van der Waals surface area contributed by atoms with Crippen LogP contribution in [0.1, 0.15) is 21.9 Å². The van der Waals surface area contributed by atoms with Crippen LogP contribution in [0, 0.1) is 17.0 Å². The van der Waals surface area contributed by atoms with E-state index in [4.69, 9.17) is 10.3 Å². The van der Waals surface area contributed by atoms with Gasteiger partial charge in [0.05, 0.1) is 5.56 Å². The lowest BCUT2D eigenvalue weighted by molar-refractivity contribution is -0.394. The third-order valence-electron chi connectivity index (χ3n) is 2.35. The van der Waals surface area contributed by atoms with Crippen LogP contribution in [0.2, 0.25) is 0 Å². The van der Waals surface area contributed by atoms with Crippen LogP contribution in [0.3, 0.4) is 0 Å². The number of aromatic nitrogens is 3. The quantitative estimate of drug-likeness (QED) is 0.336. The number of carbonyl (C=O) groups excluding carboxylic acids is 1. The molecule has 0 aliphatic carbocycles. The van der Waals surface area contributed by atoms with E-state index in [1.807, 2.05) is 5.43 Å². The molecule has 0 aliphatic rings. The van der Waals surface area contributed by atoms with Gasteiger partial charge in [0, 0.05) is 5.10 Å². The Kier molecular flexibility index (Phi) is 3.25. The number of nitro groups is 1. The third kappa shape index (κ3) is 2.57. The van der Waals surface area contributed by atoms with Gasteiger partial charge in [0.2, 0.25) is 6.33 Å². The second-order valence-electron chi connectivity index (χ2n) is 3.66. The molecule has 10 heteroatoms. The van der Waals surface area contributed by atoms with Gasteiger partial charge in [0.1, 0.15) is 18.1 Å². The summed E-state index contributed by atoms with van der Waals surface area (Å²) in [5.41, 5.74) is 2.29. The number of hydrogen-bond donors (Lipinski definition) is 2. The van der Waals surface area contributed by atoms with Crippen molar-refractivity contribution < 1.29 is 14.1 Å². The molecular weight excluding hydrogens is 256 g/mol. The number of carbonyl (C=O) groups is 1. The summed E-state index contributed by atoms with van der Waals surface area (Å²) >= 11 is 0. The number of aryl methyl sites for hydroxylation is 1. The molecule has 2 aromatic heterocycles. The lowest BCUT2D eigenvalue weighted by atomic mass is 10.2. The van der Waals surface area contributed by atoms with E-state index in [0.717, 1.165) is 0 Å². The highest BCUT2D eigenvalue weighted by atomic mass is 16.6. The fourth-order valence-electron chi connectivity index (χ4n) is 1.53. The summed E-state index contributed by atoms with van der Waals surface area (Å²) in [4.78, 5) is 24.6. The number of rotatable bonds is 4. The number of nitrogen functional groups attached to an aromatic ring is 1. The number of nitrogens with zero attached hydrogens (tertiary/aromatic N) is 4. The first kappa shape index (κ1) is 12.7. The van der Waals surface area contributed by atoms with Crippen LogP contribution in [-0.4, -0.2) is 25.6 Å². The van der Waals surface area contributed by atoms with E-state index in [-0.39, 0.29) is 6.54 Å². The predicted molar refractivity (Wildman–Crippen MR) is 60.9 cm³/mol. The molecule has 0 aromatic carbocycles. The predicted octanol–water partition coefficient (Wildman–Crippen LogP) is -0.260. The smallest absolute Gasteiger partial charge is 0.463 e. The van der Waals surface area contributed by atoms with Crippen LogP contribution in [0.15, 0.2) is 16.8 Å². The van der Waals surface area contributed by atoms with Crippen molar-refractivity contribution >= 4 is 11.9 Å². The summed E-state index contributed by atoms with van der Waals surface area (Å²) in [5, 5.41) is 14.1. The molecular formula is C9H10N6O4. The monoisotopic (exact) mass is 266 g/mol. The molecule has 19 heavy (non-hydrogen) atoms. The highest BCUT2D eigenvalue weighted by Gasteiger charge is 2.17. The summed E-state index contributed by atoms with van der Waals surface area (Å²) < 4.78 is 6.57. The number of hydrogen-bond acceptors (Lipinski definition) is 7. The molecule has 10 nitrogen and oxygen atoms in total. The molecule has 0 aliphatic heterocycles. The van der Waals surface area contributed by atoms with Gasteiger partial charge in [-0.3, -0.25) is 10.2 Å². The topological polar surface area (TPSA) is 142 Å². The van der Waals surface area contributed by atoms with Crippen molar-refractivity contribution in [1.82, 2.24) is 20.2 Å². The SMILES string of the molecule is Cc1oc(Cn2cnc([N+](=O)[O-])n2)cc1C(=O)NN. The van der Waals surface area contributed by atoms with E-state index in [0.29, 0.717) is 17.1 Å². The van der Waals surface area contributed by atoms with Gasteiger partial charge in [0.15, 0.2) is 0 Å². The second kappa shape index (κ2) is 4.86. The van der Waals surface area contributed by atoms with Crippen LogP contribution in [0.5, 0.6) is 0 Å². The van der Waals surface area contributed by atoms with Crippen molar-refractivity contribution in [2.45, 2.75) is 13.5 Å². The van der Waals surface area contributed by atoms with Gasteiger partial charge in [-0.05, 0) is 17.9 Å². The third-order valence-corrected chi connectivity index (χ3v) is 2.35. The maximum absolute atomic E-state index is 11.4. The molecule has 1 amide bonds. The zero-order chi connectivity index (χ0) is 14.0. The number of furan rings is 1. The van der Waals surface area contributed by atoms with Crippen LogP contribution < -0.4 is 11.3 Å². The average molecular weight is 266 g/mol. The van der Waals surface area contributed by atoms with Crippen molar-refractivity contribution in [2.75, 3.05) is 0 Å². The molecule has 0 radical (unpaired) electrons. The Labute approximate surface area is 106 Å². The van der Waals surface area contributed by atoms with Gasteiger partial charge in [0.25, 0.3) is 5.91 Å². The Morgan fingerprint density at radius 2 is 2.42 bits per heavy atom. The first-order valence-corrected chi connectivity index (χ1v) is 5.15. The normalized spacial score (nSPS) is 10.4. The zero-order valence-electron chi connectivity index (χ0n) is 9.86. The molecule has 3 N–H and O–H groups in total. The summed E-state index contributed by atoms with van der Waals surface area (Å²) in [7, 11) is 0. The maximum atomic E-state index is 11.4. The molecule has 2 rings (SSSR count). The molecule has 2 aromatic rings. The van der Waals surface area contributed by atoms with E-state index in [2.05, 4.69) is 10.1 Å². The van der Waals surface area contributed by atoms with E-state index in [1.54, 1.807) is 6.92 Å². The zero-order valence-corrected chi connectivity index (χ0v) is 9.86. The molecule has 0 spiro atoms. The van der Waals surface area contributed by atoms with E-state index >= 15 is 0 Å². The van der Waals surface area contributed by atoms with Gasteiger partial charge in [-0.25, -0.2) is 5.84 Å². The summed E-state index contributed by atoms with van der Waals surface area (Å²) in [6.45, 7) is 1.73. The minimum atomic E-state index is -0.697. The van der Waals surface area contributed by atoms with Gasteiger partial charge in [-0.1, -0.05) is 4.98 Å². The minimum Gasteiger partial charge on any atom is -0.463 e. The van der Waals surface area contributed by atoms with Crippen molar-refractivity contribution in [3.63, 3.8) is 0 Å². The Morgan fingerprint density at radius 1 is 1.68 bits per heavy atom. The molecule has 0 unspecified atom stereocenters. The Balaban J connectivity index is 2.19.